The van der Waals surface area contributed by atoms with Gasteiger partial charge in [-0.1, -0.05) is 35.0 Å². The fourth-order valence-electron chi connectivity index (χ4n) is 5.49. The Morgan fingerprint density at radius 1 is 1.18 bits per heavy atom. The second-order valence-corrected chi connectivity index (χ2v) is 11.8. The summed E-state index contributed by atoms with van der Waals surface area (Å²) in [6.45, 7) is 10.1. The van der Waals surface area contributed by atoms with Crippen LogP contribution in [0.25, 0.3) is 10.9 Å². The molecular weight excluding hydrogens is 506 g/mol. The lowest BCUT2D eigenvalue weighted by molar-refractivity contribution is -0.116. The quantitative estimate of drug-likeness (QED) is 0.356. The van der Waals surface area contributed by atoms with Crippen molar-refractivity contribution in [2.24, 2.45) is 15.6 Å². The highest BCUT2D eigenvalue weighted by Gasteiger charge is 2.53. The van der Waals surface area contributed by atoms with Crippen LogP contribution in [0.3, 0.4) is 0 Å². The maximum atomic E-state index is 12.2. The number of benzene rings is 2. The second kappa shape index (κ2) is 9.03. The van der Waals surface area contributed by atoms with E-state index in [1.165, 1.54) is 0 Å². The molecule has 2 fully saturated rings. The first-order valence-corrected chi connectivity index (χ1v) is 13.1. The minimum atomic E-state index is -0.477. The maximum absolute atomic E-state index is 12.2. The van der Waals surface area contributed by atoms with E-state index in [9.17, 15) is 9.90 Å². The molecule has 9 nitrogen and oxygen atoms in total. The summed E-state index contributed by atoms with van der Waals surface area (Å²) in [6, 6.07) is 13.1. The number of aliphatic imine (C=N–C) groups is 1. The number of fused-ring (bicyclic) bond motifs is 2. The van der Waals surface area contributed by atoms with E-state index < -0.39 is 5.60 Å². The molecule has 0 aliphatic carbocycles. The number of aromatic amines is 1. The van der Waals surface area contributed by atoms with Gasteiger partial charge in [0.1, 0.15) is 23.6 Å². The lowest BCUT2D eigenvalue weighted by Gasteiger charge is -2.59. The minimum absolute atomic E-state index is 0.00771. The molecule has 4 heterocycles. The van der Waals surface area contributed by atoms with Crippen molar-refractivity contribution in [3.8, 4) is 5.88 Å². The zero-order chi connectivity index (χ0) is 26.7. The highest BCUT2D eigenvalue weighted by atomic mass is 35.5. The van der Waals surface area contributed by atoms with Crippen molar-refractivity contribution < 1.29 is 19.5 Å². The molecule has 1 aromatic heterocycles. The Morgan fingerprint density at radius 3 is 2.71 bits per heavy atom. The molecule has 0 saturated carbocycles. The topological polar surface area (TPSA) is 103 Å². The number of para-hydroxylation sites is 1. The summed E-state index contributed by atoms with van der Waals surface area (Å²) >= 11 is 6.25. The Kier molecular flexibility index (Phi) is 5.88. The first-order chi connectivity index (χ1) is 18.1. The summed E-state index contributed by atoms with van der Waals surface area (Å²) in [5.74, 6) is 0.00771. The summed E-state index contributed by atoms with van der Waals surface area (Å²) in [5, 5.41) is 16.5. The van der Waals surface area contributed by atoms with E-state index >= 15 is 0 Å². The number of rotatable bonds is 5. The van der Waals surface area contributed by atoms with E-state index in [1.807, 2.05) is 51.1 Å². The van der Waals surface area contributed by atoms with Gasteiger partial charge in [0.05, 0.1) is 11.3 Å². The van der Waals surface area contributed by atoms with Gasteiger partial charge in [0.25, 0.3) is 0 Å². The number of halogens is 1. The Balaban J connectivity index is 1.09. The van der Waals surface area contributed by atoms with Gasteiger partial charge >= 0.3 is 6.09 Å². The van der Waals surface area contributed by atoms with Gasteiger partial charge in [-0.3, -0.25) is 4.90 Å². The van der Waals surface area contributed by atoms with Crippen molar-refractivity contribution in [1.29, 1.82) is 0 Å². The van der Waals surface area contributed by atoms with Crippen LogP contribution in [0.5, 0.6) is 5.88 Å². The summed E-state index contributed by atoms with van der Waals surface area (Å²) in [4.78, 5) is 29.8. The number of ether oxygens (including phenoxy) is 1. The number of H-pyrrole nitrogens is 1. The van der Waals surface area contributed by atoms with Crippen LogP contribution >= 0.6 is 11.6 Å². The van der Waals surface area contributed by atoms with Crippen LogP contribution in [0, 0.1) is 5.41 Å². The lowest BCUT2D eigenvalue weighted by atomic mass is 9.73. The predicted molar refractivity (Wildman–Crippen MR) is 147 cm³/mol. The lowest BCUT2D eigenvalue weighted by Crippen LogP contribution is -2.73. The number of nitrogens with zero attached hydrogens (tertiary/aromatic N) is 4. The number of nitrogens with one attached hydrogen (secondary N) is 1. The van der Waals surface area contributed by atoms with Gasteiger partial charge in [0, 0.05) is 59.6 Å². The SMILES string of the molecule is CC(C)(C)OC(=O)N1CC2(CN(CCON=C3C(c4c(O)[nH]c5ccc(Cl)cc45)=Nc4ccccc43)C2)C1. The molecule has 2 saturated heterocycles. The largest absolute Gasteiger partial charge is 0.494 e. The fourth-order valence-corrected chi connectivity index (χ4v) is 5.66. The molecule has 1 amide bonds. The van der Waals surface area contributed by atoms with Gasteiger partial charge in [0.15, 0.2) is 5.88 Å². The van der Waals surface area contributed by atoms with Crippen molar-refractivity contribution in [3.05, 3.63) is 58.6 Å². The Labute approximate surface area is 225 Å². The van der Waals surface area contributed by atoms with Gasteiger partial charge in [-0.25, -0.2) is 9.79 Å². The van der Waals surface area contributed by atoms with Gasteiger partial charge in [-0.2, -0.15) is 0 Å². The predicted octanol–water partition coefficient (Wildman–Crippen LogP) is 4.93. The molecule has 3 aliphatic heterocycles. The maximum Gasteiger partial charge on any atom is 0.410 e. The van der Waals surface area contributed by atoms with Crippen molar-refractivity contribution in [2.75, 3.05) is 39.3 Å². The molecule has 38 heavy (non-hydrogen) atoms. The third kappa shape index (κ3) is 4.50. The van der Waals surface area contributed by atoms with E-state index in [-0.39, 0.29) is 17.4 Å². The highest BCUT2D eigenvalue weighted by Crippen LogP contribution is 2.40. The molecule has 0 radical (unpaired) electrons. The summed E-state index contributed by atoms with van der Waals surface area (Å²) in [6.07, 6.45) is -0.237. The van der Waals surface area contributed by atoms with Crippen molar-refractivity contribution in [3.63, 3.8) is 0 Å². The Hall–Kier alpha value is -3.56. The number of amides is 1. The number of aromatic nitrogens is 1. The first-order valence-electron chi connectivity index (χ1n) is 12.7. The second-order valence-electron chi connectivity index (χ2n) is 11.3. The molecule has 0 bridgehead atoms. The van der Waals surface area contributed by atoms with Crippen LogP contribution in [0.2, 0.25) is 5.02 Å². The molecule has 1 spiro atoms. The van der Waals surface area contributed by atoms with Crippen LogP contribution in [-0.2, 0) is 9.57 Å². The monoisotopic (exact) mass is 535 g/mol. The number of aromatic hydroxyl groups is 1. The van der Waals surface area contributed by atoms with Crippen molar-refractivity contribution in [1.82, 2.24) is 14.8 Å². The zero-order valence-corrected chi connectivity index (χ0v) is 22.4. The number of carbonyl (C=O) groups is 1. The molecule has 3 aliphatic rings. The van der Waals surface area contributed by atoms with E-state index in [4.69, 9.17) is 26.2 Å². The van der Waals surface area contributed by atoms with Crippen molar-refractivity contribution >= 4 is 45.7 Å². The Morgan fingerprint density at radius 2 is 1.95 bits per heavy atom. The molecule has 6 rings (SSSR count). The van der Waals surface area contributed by atoms with Crippen LogP contribution in [0.1, 0.15) is 31.9 Å². The number of carbonyl (C=O) groups excluding carboxylic acids is 1. The van der Waals surface area contributed by atoms with E-state index in [0.29, 0.717) is 28.6 Å². The van der Waals surface area contributed by atoms with Crippen molar-refractivity contribution in [2.45, 2.75) is 26.4 Å². The van der Waals surface area contributed by atoms with Gasteiger partial charge in [-0.05, 0) is 45.0 Å². The normalized spacial score (nSPS) is 19.3. The molecule has 2 N–H and O–H groups in total. The molecule has 0 atom stereocenters. The van der Waals surface area contributed by atoms with Crippen LogP contribution < -0.4 is 0 Å². The summed E-state index contributed by atoms with van der Waals surface area (Å²) < 4.78 is 5.46. The van der Waals surface area contributed by atoms with E-state index in [2.05, 4.69) is 15.0 Å². The van der Waals surface area contributed by atoms with E-state index in [1.54, 1.807) is 17.0 Å². The Bertz CT molecular complexity index is 1470. The summed E-state index contributed by atoms with van der Waals surface area (Å²) in [5.41, 5.74) is 3.72. The standard InChI is InChI=1S/C28H30ClN5O4/c1-27(2,3)38-26(36)34-15-28(16-34)13-33(14-28)10-11-37-32-23-18-6-4-5-7-20(18)30-24(23)22-19-12-17(29)8-9-21(19)31-25(22)35/h4-9,12,31,35H,10-11,13-16H2,1-3H3. The van der Waals surface area contributed by atoms with Gasteiger partial charge < -0.3 is 24.6 Å². The molecule has 3 aromatic rings. The molecule has 2 aromatic carbocycles. The molecule has 10 heteroatoms. The van der Waals surface area contributed by atoms with Crippen LogP contribution in [-0.4, -0.2) is 82.3 Å². The summed E-state index contributed by atoms with van der Waals surface area (Å²) in [7, 11) is 0. The van der Waals surface area contributed by atoms with Gasteiger partial charge in [0.2, 0.25) is 0 Å². The number of hydrogen-bond acceptors (Lipinski definition) is 7. The highest BCUT2D eigenvalue weighted by molar-refractivity contribution is 6.58. The fraction of sp³-hybridized carbons (Fsp3) is 0.393. The third-order valence-electron chi connectivity index (χ3n) is 7.07. The number of oxime groups is 1. The first kappa shape index (κ1) is 24.8. The van der Waals surface area contributed by atoms with Crippen LogP contribution in [0.4, 0.5) is 10.5 Å². The number of likely N-dealkylation sites (tertiary alicyclic amines) is 2. The number of hydrogen-bond donors (Lipinski definition) is 2. The average molecular weight is 536 g/mol. The van der Waals surface area contributed by atoms with E-state index in [0.717, 1.165) is 54.9 Å². The minimum Gasteiger partial charge on any atom is -0.494 e. The molecule has 0 unspecified atom stereocenters. The van der Waals surface area contributed by atoms with Crippen LogP contribution in [0.15, 0.2) is 52.6 Å². The third-order valence-corrected chi connectivity index (χ3v) is 7.31. The zero-order valence-electron chi connectivity index (χ0n) is 21.6. The average Bonchev–Trinajstić information content (AvgIpc) is 3.31. The molecule has 198 valence electrons. The smallest absolute Gasteiger partial charge is 0.410 e. The molecular formula is C28H30ClN5O4. The van der Waals surface area contributed by atoms with Gasteiger partial charge in [-0.15, -0.1) is 0 Å².